The molecule has 0 saturated carbocycles. The van der Waals surface area contributed by atoms with Crippen LogP contribution in [0, 0.1) is 5.92 Å². The second-order valence-electron chi connectivity index (χ2n) is 6.10. The van der Waals surface area contributed by atoms with Crippen molar-refractivity contribution in [2.75, 3.05) is 6.54 Å². The summed E-state index contributed by atoms with van der Waals surface area (Å²) in [4.78, 5) is 22.7. The molecule has 2 atom stereocenters. The van der Waals surface area contributed by atoms with Gasteiger partial charge >= 0.3 is 5.97 Å². The van der Waals surface area contributed by atoms with E-state index in [1.165, 1.54) is 0 Å². The van der Waals surface area contributed by atoms with Crippen molar-refractivity contribution >= 4 is 11.9 Å². The zero-order valence-electron chi connectivity index (χ0n) is 14.4. The van der Waals surface area contributed by atoms with Crippen molar-refractivity contribution in [1.29, 1.82) is 0 Å². The first kappa shape index (κ1) is 18.5. The molecule has 0 bridgehead atoms. The van der Waals surface area contributed by atoms with Crippen LogP contribution in [0.5, 0.6) is 5.75 Å². The summed E-state index contributed by atoms with van der Waals surface area (Å²) in [5, 5.41) is 11.4. The Hall–Kier alpha value is -2.82. The Labute approximate surface area is 147 Å². The van der Waals surface area contributed by atoms with Gasteiger partial charge in [0.25, 0.3) is 5.91 Å². The van der Waals surface area contributed by atoms with E-state index in [2.05, 4.69) is 5.32 Å². The van der Waals surface area contributed by atoms with Gasteiger partial charge in [0.2, 0.25) is 0 Å². The van der Waals surface area contributed by atoms with Crippen molar-refractivity contribution in [3.05, 3.63) is 54.6 Å². The molecule has 0 fully saturated rings. The molecule has 5 heteroatoms. The van der Waals surface area contributed by atoms with Crippen LogP contribution in [0.25, 0.3) is 11.1 Å². The molecular formula is C20H23NO4. The van der Waals surface area contributed by atoms with Gasteiger partial charge in [-0.3, -0.25) is 9.59 Å². The minimum atomic E-state index is -0.871. The van der Waals surface area contributed by atoms with Crippen LogP contribution >= 0.6 is 0 Å². The molecular weight excluding hydrogens is 318 g/mol. The maximum absolute atomic E-state index is 12.0. The molecule has 5 nitrogen and oxygen atoms in total. The van der Waals surface area contributed by atoms with E-state index in [0.717, 1.165) is 11.1 Å². The normalized spacial score (nSPS) is 12.9. The van der Waals surface area contributed by atoms with Crippen molar-refractivity contribution in [3.63, 3.8) is 0 Å². The number of carboxylic acid groups (broad SMARTS) is 1. The number of benzene rings is 2. The van der Waals surface area contributed by atoms with Gasteiger partial charge in [-0.15, -0.1) is 0 Å². The van der Waals surface area contributed by atoms with Crippen molar-refractivity contribution in [2.45, 2.75) is 26.4 Å². The maximum atomic E-state index is 12.0. The van der Waals surface area contributed by atoms with Gasteiger partial charge < -0.3 is 15.2 Å². The second-order valence-corrected chi connectivity index (χ2v) is 6.10. The molecule has 0 saturated heterocycles. The molecule has 0 radical (unpaired) electrons. The van der Waals surface area contributed by atoms with Crippen molar-refractivity contribution in [1.82, 2.24) is 5.32 Å². The fourth-order valence-corrected chi connectivity index (χ4v) is 2.40. The first-order chi connectivity index (χ1) is 12.0. The lowest BCUT2D eigenvalue weighted by Gasteiger charge is -2.16. The Morgan fingerprint density at radius 1 is 1.00 bits per heavy atom. The summed E-state index contributed by atoms with van der Waals surface area (Å²) in [6, 6.07) is 17.6. The summed E-state index contributed by atoms with van der Waals surface area (Å²) >= 11 is 0. The average Bonchev–Trinajstić information content (AvgIpc) is 2.60. The van der Waals surface area contributed by atoms with Gasteiger partial charge in [0.1, 0.15) is 5.75 Å². The summed E-state index contributed by atoms with van der Waals surface area (Å²) in [5.74, 6) is -0.645. The standard InChI is InChI=1S/C20H23NO4/c1-14(12-19(22)23)13-21-20(24)15(2)25-18-10-8-17(9-11-18)16-6-4-3-5-7-16/h3-11,14-15H,12-13H2,1-2H3,(H,21,24)(H,22,23). The minimum Gasteiger partial charge on any atom is -0.481 e. The summed E-state index contributed by atoms with van der Waals surface area (Å²) in [6.07, 6.45) is -0.629. The number of ether oxygens (including phenoxy) is 1. The van der Waals surface area contributed by atoms with E-state index in [4.69, 9.17) is 9.84 Å². The quantitative estimate of drug-likeness (QED) is 0.772. The highest BCUT2D eigenvalue weighted by molar-refractivity contribution is 5.80. The second kappa shape index (κ2) is 8.87. The zero-order valence-corrected chi connectivity index (χ0v) is 14.4. The largest absolute Gasteiger partial charge is 0.481 e. The third-order valence-corrected chi connectivity index (χ3v) is 3.79. The molecule has 132 valence electrons. The van der Waals surface area contributed by atoms with Crippen LogP contribution in [0.2, 0.25) is 0 Å². The summed E-state index contributed by atoms with van der Waals surface area (Å²) < 4.78 is 5.65. The highest BCUT2D eigenvalue weighted by atomic mass is 16.5. The third kappa shape index (κ3) is 5.95. The molecule has 0 spiro atoms. The molecule has 0 aliphatic carbocycles. The number of carbonyl (C=O) groups excluding carboxylic acids is 1. The molecule has 2 N–H and O–H groups in total. The van der Waals surface area contributed by atoms with E-state index >= 15 is 0 Å². The van der Waals surface area contributed by atoms with E-state index < -0.39 is 12.1 Å². The van der Waals surface area contributed by atoms with Crippen LogP contribution in [0.4, 0.5) is 0 Å². The molecule has 2 unspecified atom stereocenters. The molecule has 0 aliphatic rings. The number of rotatable bonds is 8. The lowest BCUT2D eigenvalue weighted by molar-refractivity contribution is -0.138. The number of nitrogens with one attached hydrogen (secondary N) is 1. The number of carbonyl (C=O) groups is 2. The van der Waals surface area contributed by atoms with Gasteiger partial charge in [-0.2, -0.15) is 0 Å². The Bertz CT molecular complexity index is 697. The minimum absolute atomic E-state index is 0.0243. The van der Waals surface area contributed by atoms with Gasteiger partial charge in [-0.25, -0.2) is 0 Å². The van der Waals surface area contributed by atoms with Gasteiger partial charge in [0.05, 0.1) is 0 Å². The summed E-state index contributed by atoms with van der Waals surface area (Å²) in [5.41, 5.74) is 2.19. The Morgan fingerprint density at radius 2 is 1.60 bits per heavy atom. The molecule has 2 rings (SSSR count). The molecule has 2 aromatic carbocycles. The fourth-order valence-electron chi connectivity index (χ4n) is 2.40. The molecule has 0 aliphatic heterocycles. The van der Waals surface area contributed by atoms with Crippen molar-refractivity contribution < 1.29 is 19.4 Å². The zero-order chi connectivity index (χ0) is 18.2. The van der Waals surface area contributed by atoms with E-state index in [0.29, 0.717) is 12.3 Å². The number of aliphatic carboxylic acids is 1. The van der Waals surface area contributed by atoms with E-state index in [1.807, 2.05) is 54.6 Å². The molecule has 0 heterocycles. The van der Waals surface area contributed by atoms with Crippen LogP contribution in [0.1, 0.15) is 20.3 Å². The van der Waals surface area contributed by atoms with Gasteiger partial charge in [-0.05, 0) is 36.1 Å². The van der Waals surface area contributed by atoms with E-state index in [9.17, 15) is 9.59 Å². The lowest BCUT2D eigenvalue weighted by Crippen LogP contribution is -2.38. The maximum Gasteiger partial charge on any atom is 0.303 e. The predicted octanol–water partition coefficient (Wildman–Crippen LogP) is 3.35. The highest BCUT2D eigenvalue weighted by Gasteiger charge is 2.16. The predicted molar refractivity (Wildman–Crippen MR) is 96.4 cm³/mol. The third-order valence-electron chi connectivity index (χ3n) is 3.79. The molecule has 25 heavy (non-hydrogen) atoms. The Morgan fingerprint density at radius 3 is 2.20 bits per heavy atom. The first-order valence-electron chi connectivity index (χ1n) is 8.27. The number of carboxylic acids is 1. The summed E-state index contributed by atoms with van der Waals surface area (Å²) in [7, 11) is 0. The van der Waals surface area contributed by atoms with Crippen LogP contribution in [-0.4, -0.2) is 29.6 Å². The lowest BCUT2D eigenvalue weighted by atomic mass is 10.1. The van der Waals surface area contributed by atoms with Gasteiger partial charge in [0.15, 0.2) is 6.10 Å². The Balaban J connectivity index is 1.86. The van der Waals surface area contributed by atoms with Crippen LogP contribution < -0.4 is 10.1 Å². The number of hydrogen-bond acceptors (Lipinski definition) is 3. The summed E-state index contributed by atoms with van der Waals surface area (Å²) in [6.45, 7) is 3.76. The number of amides is 1. The average molecular weight is 341 g/mol. The first-order valence-corrected chi connectivity index (χ1v) is 8.27. The molecule has 2 aromatic rings. The van der Waals surface area contributed by atoms with Crippen molar-refractivity contribution in [3.8, 4) is 16.9 Å². The van der Waals surface area contributed by atoms with Gasteiger partial charge in [0, 0.05) is 13.0 Å². The molecule has 1 amide bonds. The highest BCUT2D eigenvalue weighted by Crippen LogP contribution is 2.22. The fraction of sp³-hybridized carbons (Fsp3) is 0.300. The number of hydrogen-bond donors (Lipinski definition) is 2. The van der Waals surface area contributed by atoms with Crippen LogP contribution in [-0.2, 0) is 9.59 Å². The van der Waals surface area contributed by atoms with Gasteiger partial charge in [-0.1, -0.05) is 49.4 Å². The topological polar surface area (TPSA) is 75.6 Å². The van der Waals surface area contributed by atoms with Crippen LogP contribution in [0.3, 0.4) is 0 Å². The molecule has 0 aromatic heterocycles. The smallest absolute Gasteiger partial charge is 0.303 e. The van der Waals surface area contributed by atoms with Crippen molar-refractivity contribution in [2.24, 2.45) is 5.92 Å². The van der Waals surface area contributed by atoms with E-state index in [-0.39, 0.29) is 18.2 Å². The monoisotopic (exact) mass is 341 g/mol. The van der Waals surface area contributed by atoms with E-state index in [1.54, 1.807) is 13.8 Å². The van der Waals surface area contributed by atoms with Crippen LogP contribution in [0.15, 0.2) is 54.6 Å². The Kier molecular flexibility index (Phi) is 6.57. The SMILES string of the molecule is CC(CNC(=O)C(C)Oc1ccc(-c2ccccc2)cc1)CC(=O)O.